The van der Waals surface area contributed by atoms with Crippen LogP contribution in [0.4, 0.5) is 0 Å². The predicted molar refractivity (Wildman–Crippen MR) is 141 cm³/mol. The van der Waals surface area contributed by atoms with Crippen LogP contribution in [0.3, 0.4) is 0 Å². The van der Waals surface area contributed by atoms with Gasteiger partial charge in [0.15, 0.2) is 0 Å². The highest BCUT2D eigenvalue weighted by Gasteiger charge is 2.23. The van der Waals surface area contributed by atoms with E-state index in [9.17, 15) is 10.2 Å². The SMILES string of the molecule is C[C@H](CCl)COc1ccc(C(C)(C)c2ccc(OC[C@H](O)Cn3nnc(CO)c3I)cc2)cc1. The summed E-state index contributed by atoms with van der Waals surface area (Å²) in [7, 11) is 0. The predicted octanol–water partition coefficient (Wildman–Crippen LogP) is 4.39. The number of alkyl halides is 1. The van der Waals surface area contributed by atoms with Crippen molar-refractivity contribution in [1.29, 1.82) is 0 Å². The van der Waals surface area contributed by atoms with Gasteiger partial charge in [-0.15, -0.1) is 16.7 Å². The molecule has 3 rings (SSSR count). The number of ether oxygens (including phenoxy) is 2. The molecule has 184 valence electrons. The first-order valence-corrected chi connectivity index (χ1v) is 12.7. The van der Waals surface area contributed by atoms with Crippen molar-refractivity contribution in [2.24, 2.45) is 5.92 Å². The van der Waals surface area contributed by atoms with Gasteiger partial charge in [0.1, 0.15) is 33.6 Å². The molecule has 1 heterocycles. The number of aliphatic hydroxyl groups is 2. The third-order valence-electron chi connectivity index (χ3n) is 5.66. The molecule has 0 aliphatic carbocycles. The maximum absolute atomic E-state index is 10.3. The topological polar surface area (TPSA) is 89.6 Å². The van der Waals surface area contributed by atoms with Crippen molar-refractivity contribution in [3.05, 3.63) is 69.1 Å². The van der Waals surface area contributed by atoms with Gasteiger partial charge in [0.05, 0.1) is 19.8 Å². The van der Waals surface area contributed by atoms with Crippen LogP contribution >= 0.6 is 34.2 Å². The van der Waals surface area contributed by atoms with Crippen molar-refractivity contribution in [3.8, 4) is 11.5 Å². The zero-order valence-corrected chi connectivity index (χ0v) is 22.5. The van der Waals surface area contributed by atoms with Crippen LogP contribution in [-0.4, -0.2) is 50.4 Å². The Labute approximate surface area is 219 Å². The van der Waals surface area contributed by atoms with Gasteiger partial charge in [0, 0.05) is 17.2 Å². The van der Waals surface area contributed by atoms with Crippen LogP contribution in [-0.2, 0) is 18.6 Å². The molecule has 2 N–H and O–H groups in total. The van der Waals surface area contributed by atoms with Crippen LogP contribution in [0, 0.1) is 9.62 Å². The summed E-state index contributed by atoms with van der Waals surface area (Å²) in [6, 6.07) is 16.1. The fourth-order valence-corrected chi connectivity index (χ4v) is 4.04. The summed E-state index contributed by atoms with van der Waals surface area (Å²) in [4.78, 5) is 0. The molecule has 34 heavy (non-hydrogen) atoms. The number of nitrogens with zero attached hydrogens (tertiary/aromatic N) is 3. The standard InChI is InChI=1S/C25H31ClIN3O4/c1-17(12-26)15-33-21-8-4-18(5-9-21)25(2,3)19-6-10-22(11-7-19)34-16-20(32)13-30-24(27)23(14-31)28-29-30/h4-11,17,20,31-32H,12-16H2,1-3H3/t17-,20-/m1/s1. The maximum atomic E-state index is 10.3. The van der Waals surface area contributed by atoms with E-state index in [0.717, 1.165) is 11.3 Å². The summed E-state index contributed by atoms with van der Waals surface area (Å²) in [5.41, 5.74) is 2.63. The van der Waals surface area contributed by atoms with Gasteiger partial charge in [-0.3, -0.25) is 0 Å². The number of rotatable bonds is 12. The van der Waals surface area contributed by atoms with Crippen molar-refractivity contribution in [3.63, 3.8) is 0 Å². The van der Waals surface area contributed by atoms with E-state index in [1.807, 2.05) is 59.0 Å². The number of hydrogen-bond acceptors (Lipinski definition) is 6. The molecule has 0 bridgehead atoms. The first-order valence-electron chi connectivity index (χ1n) is 11.1. The highest BCUT2D eigenvalue weighted by Crippen LogP contribution is 2.33. The van der Waals surface area contributed by atoms with Gasteiger partial charge in [-0.05, 0) is 58.0 Å². The van der Waals surface area contributed by atoms with Crippen LogP contribution in [0.5, 0.6) is 11.5 Å². The summed E-state index contributed by atoms with van der Waals surface area (Å²) >= 11 is 7.90. The molecule has 0 radical (unpaired) electrons. The van der Waals surface area contributed by atoms with Crippen molar-refractivity contribution < 1.29 is 19.7 Å². The lowest BCUT2D eigenvalue weighted by Crippen LogP contribution is -2.25. The summed E-state index contributed by atoms with van der Waals surface area (Å²) in [6.45, 7) is 7.20. The van der Waals surface area contributed by atoms with Crippen molar-refractivity contribution in [2.75, 3.05) is 19.1 Å². The zero-order chi connectivity index (χ0) is 24.7. The first-order chi connectivity index (χ1) is 16.2. The number of halogens is 2. The van der Waals surface area contributed by atoms with E-state index in [1.165, 1.54) is 5.56 Å². The Balaban J connectivity index is 1.56. The van der Waals surface area contributed by atoms with E-state index in [-0.39, 0.29) is 25.2 Å². The largest absolute Gasteiger partial charge is 0.493 e. The minimum absolute atomic E-state index is 0.122. The molecule has 0 unspecified atom stereocenters. The zero-order valence-electron chi connectivity index (χ0n) is 19.6. The van der Waals surface area contributed by atoms with E-state index in [4.69, 9.17) is 21.1 Å². The maximum Gasteiger partial charge on any atom is 0.125 e. The second-order valence-electron chi connectivity index (χ2n) is 8.88. The Morgan fingerprint density at radius 1 is 1.00 bits per heavy atom. The first kappa shape index (κ1) is 26.7. The molecule has 2 atom stereocenters. The molecule has 0 spiro atoms. The quantitative estimate of drug-likeness (QED) is 0.237. The highest BCUT2D eigenvalue weighted by atomic mass is 127. The van der Waals surface area contributed by atoms with E-state index < -0.39 is 6.10 Å². The molecule has 0 saturated carbocycles. The molecule has 7 nitrogen and oxygen atoms in total. The Hall–Kier alpha value is -1.88. The van der Waals surface area contributed by atoms with Crippen LogP contribution in [0.2, 0.25) is 0 Å². The Kier molecular flexibility index (Phi) is 9.58. The average molecular weight is 600 g/mol. The van der Waals surface area contributed by atoms with Gasteiger partial charge in [-0.2, -0.15) is 0 Å². The van der Waals surface area contributed by atoms with Gasteiger partial charge < -0.3 is 19.7 Å². The fourth-order valence-electron chi connectivity index (χ4n) is 3.38. The number of aliphatic hydroxyl groups excluding tert-OH is 2. The summed E-state index contributed by atoms with van der Waals surface area (Å²) in [5, 5.41) is 27.4. The van der Waals surface area contributed by atoms with E-state index in [1.54, 1.807) is 4.68 Å². The van der Waals surface area contributed by atoms with Gasteiger partial charge in [0.25, 0.3) is 0 Å². The van der Waals surface area contributed by atoms with E-state index in [2.05, 4.69) is 43.2 Å². The van der Waals surface area contributed by atoms with Crippen molar-refractivity contribution >= 4 is 34.2 Å². The molecular formula is C25H31ClIN3O4. The Morgan fingerprint density at radius 2 is 1.53 bits per heavy atom. The lowest BCUT2D eigenvalue weighted by atomic mass is 9.78. The van der Waals surface area contributed by atoms with Gasteiger partial charge >= 0.3 is 0 Å². The van der Waals surface area contributed by atoms with Crippen molar-refractivity contribution in [2.45, 2.75) is 45.4 Å². The van der Waals surface area contributed by atoms with E-state index >= 15 is 0 Å². The molecule has 0 amide bonds. The molecule has 0 fully saturated rings. The van der Waals surface area contributed by atoms with Gasteiger partial charge in [-0.1, -0.05) is 50.3 Å². The monoisotopic (exact) mass is 599 g/mol. The summed E-state index contributed by atoms with van der Waals surface area (Å²) in [6.07, 6.45) is -0.758. The molecule has 9 heteroatoms. The molecule has 1 aromatic heterocycles. The molecule has 2 aromatic carbocycles. The number of aromatic nitrogens is 3. The lowest BCUT2D eigenvalue weighted by molar-refractivity contribution is 0.0881. The summed E-state index contributed by atoms with van der Waals surface area (Å²) < 4.78 is 13.8. The minimum atomic E-state index is -0.758. The molecule has 0 saturated heterocycles. The molecular weight excluding hydrogens is 569 g/mol. The van der Waals surface area contributed by atoms with Crippen LogP contribution < -0.4 is 9.47 Å². The minimum Gasteiger partial charge on any atom is -0.493 e. The van der Waals surface area contributed by atoms with Crippen LogP contribution in [0.25, 0.3) is 0 Å². The van der Waals surface area contributed by atoms with Crippen LogP contribution in [0.15, 0.2) is 48.5 Å². The normalized spacial score (nSPS) is 13.5. The van der Waals surface area contributed by atoms with E-state index in [0.29, 0.717) is 33.5 Å². The Morgan fingerprint density at radius 3 is 2.00 bits per heavy atom. The Bertz CT molecular complexity index is 1040. The highest BCUT2D eigenvalue weighted by molar-refractivity contribution is 14.1. The molecule has 0 aliphatic heterocycles. The van der Waals surface area contributed by atoms with Gasteiger partial charge in [-0.25, -0.2) is 4.68 Å². The number of benzene rings is 2. The lowest BCUT2D eigenvalue weighted by Gasteiger charge is -2.26. The van der Waals surface area contributed by atoms with Crippen LogP contribution in [0.1, 0.15) is 37.6 Å². The summed E-state index contributed by atoms with van der Waals surface area (Å²) in [5.74, 6) is 2.41. The van der Waals surface area contributed by atoms with Gasteiger partial charge in [0.2, 0.25) is 0 Å². The molecule has 0 aliphatic rings. The number of hydrogen-bond donors (Lipinski definition) is 2. The average Bonchev–Trinajstić information content (AvgIpc) is 3.20. The smallest absolute Gasteiger partial charge is 0.125 e. The third-order valence-corrected chi connectivity index (χ3v) is 7.37. The fraction of sp³-hybridized carbons (Fsp3) is 0.440. The second kappa shape index (κ2) is 12.2. The molecule has 3 aromatic rings. The van der Waals surface area contributed by atoms with Crippen molar-refractivity contribution in [1.82, 2.24) is 15.0 Å². The third kappa shape index (κ3) is 6.84. The second-order valence-corrected chi connectivity index (χ2v) is 10.2.